The van der Waals surface area contributed by atoms with Crippen LogP contribution in [0.4, 0.5) is 0 Å². The van der Waals surface area contributed by atoms with Gasteiger partial charge in [0.25, 0.3) is 5.56 Å². The average molecular weight is 331 g/mol. The van der Waals surface area contributed by atoms with Gasteiger partial charge in [0.2, 0.25) is 5.91 Å². The van der Waals surface area contributed by atoms with E-state index in [-0.39, 0.29) is 24.1 Å². The maximum Gasteiger partial charge on any atom is 0.250 e. The maximum atomic E-state index is 12.2. The zero-order valence-electron chi connectivity index (χ0n) is 13.0. The fourth-order valence-corrected chi connectivity index (χ4v) is 3.82. The molecule has 1 N–H and O–H groups in total. The summed E-state index contributed by atoms with van der Waals surface area (Å²) in [7, 11) is 0. The molecule has 122 valence electrons. The number of thiophene rings is 1. The van der Waals surface area contributed by atoms with E-state index in [1.165, 1.54) is 28.4 Å². The van der Waals surface area contributed by atoms with E-state index < -0.39 is 0 Å². The van der Waals surface area contributed by atoms with Crippen molar-refractivity contribution in [3.8, 4) is 0 Å². The van der Waals surface area contributed by atoms with Crippen molar-refractivity contribution in [2.75, 3.05) is 19.6 Å². The Morgan fingerprint density at radius 1 is 1.22 bits per heavy atom. The second kappa shape index (κ2) is 7.57. The van der Waals surface area contributed by atoms with Crippen molar-refractivity contribution >= 4 is 17.2 Å². The predicted octanol–water partition coefficient (Wildman–Crippen LogP) is 1.86. The summed E-state index contributed by atoms with van der Waals surface area (Å²) in [5, 5.41) is 5.06. The van der Waals surface area contributed by atoms with Gasteiger partial charge in [-0.3, -0.25) is 14.5 Å². The van der Waals surface area contributed by atoms with Crippen LogP contribution < -0.4 is 10.9 Å². The molecule has 0 aromatic carbocycles. The monoisotopic (exact) mass is 331 g/mol. The number of nitrogens with one attached hydrogen (secondary N) is 1. The molecule has 2 aromatic rings. The Balaban J connectivity index is 1.61. The summed E-state index contributed by atoms with van der Waals surface area (Å²) in [6.07, 6.45) is 4.07. The number of carbonyl (C=O) groups is 1. The zero-order valence-corrected chi connectivity index (χ0v) is 13.8. The van der Waals surface area contributed by atoms with Crippen LogP contribution in [0.3, 0.4) is 0 Å². The molecule has 0 saturated carbocycles. The molecule has 0 bridgehead atoms. The number of likely N-dealkylation sites (tertiary alicyclic amines) is 1. The quantitative estimate of drug-likeness (QED) is 0.879. The van der Waals surface area contributed by atoms with Gasteiger partial charge in [-0.25, -0.2) is 0 Å². The second-order valence-electron chi connectivity index (χ2n) is 5.75. The van der Waals surface area contributed by atoms with Crippen molar-refractivity contribution in [2.45, 2.75) is 25.4 Å². The number of amides is 1. The second-order valence-corrected chi connectivity index (χ2v) is 6.72. The van der Waals surface area contributed by atoms with Gasteiger partial charge in [0.15, 0.2) is 0 Å². The third-order valence-electron chi connectivity index (χ3n) is 4.16. The third kappa shape index (κ3) is 4.09. The minimum atomic E-state index is -0.156. The van der Waals surface area contributed by atoms with Crippen LogP contribution in [0.1, 0.15) is 23.8 Å². The Labute approximate surface area is 139 Å². The van der Waals surface area contributed by atoms with Gasteiger partial charge in [-0.1, -0.05) is 12.1 Å². The van der Waals surface area contributed by atoms with Crippen LogP contribution in [0.5, 0.6) is 0 Å². The molecule has 23 heavy (non-hydrogen) atoms. The molecule has 2 aromatic heterocycles. The van der Waals surface area contributed by atoms with E-state index in [4.69, 9.17) is 0 Å². The van der Waals surface area contributed by atoms with E-state index >= 15 is 0 Å². The lowest BCUT2D eigenvalue weighted by molar-refractivity contribution is -0.121. The van der Waals surface area contributed by atoms with Gasteiger partial charge in [0.1, 0.15) is 6.54 Å². The molecule has 0 unspecified atom stereocenters. The smallest absolute Gasteiger partial charge is 0.250 e. The van der Waals surface area contributed by atoms with Crippen LogP contribution in [0, 0.1) is 0 Å². The summed E-state index contributed by atoms with van der Waals surface area (Å²) in [5.74, 6) is -0.126. The van der Waals surface area contributed by atoms with Crippen LogP contribution in [0.2, 0.25) is 0 Å². The SMILES string of the molecule is O=C(Cn1ccccc1=O)NC[C@@H](c1cccs1)N1CCCC1. The van der Waals surface area contributed by atoms with E-state index in [0.29, 0.717) is 6.54 Å². The minimum absolute atomic E-state index is 0.0663. The van der Waals surface area contributed by atoms with Crippen LogP contribution in [0.15, 0.2) is 46.7 Å². The predicted molar refractivity (Wildman–Crippen MR) is 91.6 cm³/mol. The van der Waals surface area contributed by atoms with Crippen molar-refractivity contribution in [3.63, 3.8) is 0 Å². The summed E-state index contributed by atoms with van der Waals surface area (Å²) in [6.45, 7) is 2.81. The highest BCUT2D eigenvalue weighted by Gasteiger charge is 2.24. The standard InChI is InChI=1S/C17H21N3O2S/c21-16(13-20-10-2-1-7-17(20)22)18-12-14(15-6-5-11-23-15)19-8-3-4-9-19/h1-2,5-7,10-11,14H,3-4,8-9,12-13H2,(H,18,21)/t14-/m0/s1. The van der Waals surface area contributed by atoms with Crippen LogP contribution >= 0.6 is 11.3 Å². The summed E-state index contributed by atoms with van der Waals surface area (Å²) in [4.78, 5) is 27.5. The lowest BCUT2D eigenvalue weighted by atomic mass is 10.2. The van der Waals surface area contributed by atoms with Crippen LogP contribution in [-0.4, -0.2) is 35.0 Å². The third-order valence-corrected chi connectivity index (χ3v) is 5.13. The Morgan fingerprint density at radius 3 is 2.74 bits per heavy atom. The molecule has 1 aliphatic heterocycles. The van der Waals surface area contributed by atoms with Gasteiger partial charge in [-0.15, -0.1) is 11.3 Å². The molecule has 3 heterocycles. The molecule has 0 spiro atoms. The van der Waals surface area contributed by atoms with E-state index in [2.05, 4.69) is 27.7 Å². The van der Waals surface area contributed by atoms with Gasteiger partial charge in [-0.2, -0.15) is 0 Å². The molecule has 1 aliphatic rings. The molecule has 0 radical (unpaired) electrons. The highest BCUT2D eigenvalue weighted by Crippen LogP contribution is 2.27. The van der Waals surface area contributed by atoms with E-state index in [0.717, 1.165) is 13.1 Å². The molecule has 1 amide bonds. The molecule has 1 fully saturated rings. The summed E-state index contributed by atoms with van der Waals surface area (Å²) in [5.41, 5.74) is -0.156. The Kier molecular flexibility index (Phi) is 5.25. The summed E-state index contributed by atoms with van der Waals surface area (Å²) >= 11 is 1.73. The van der Waals surface area contributed by atoms with Crippen molar-refractivity contribution < 1.29 is 4.79 Å². The molecule has 1 atom stereocenters. The Bertz CT molecular complexity index is 690. The fraction of sp³-hybridized carbons (Fsp3) is 0.412. The van der Waals surface area contributed by atoms with Crippen molar-refractivity contribution in [2.24, 2.45) is 0 Å². The Morgan fingerprint density at radius 2 is 2.04 bits per heavy atom. The highest BCUT2D eigenvalue weighted by molar-refractivity contribution is 7.10. The van der Waals surface area contributed by atoms with Gasteiger partial charge >= 0.3 is 0 Å². The van der Waals surface area contributed by atoms with Crippen LogP contribution in [0.25, 0.3) is 0 Å². The topological polar surface area (TPSA) is 54.3 Å². The molecule has 6 heteroatoms. The number of carbonyl (C=O) groups excluding carboxylic acids is 1. The number of hydrogen-bond donors (Lipinski definition) is 1. The van der Waals surface area contributed by atoms with Crippen molar-refractivity contribution in [1.29, 1.82) is 0 Å². The molecular weight excluding hydrogens is 310 g/mol. The van der Waals surface area contributed by atoms with Crippen LogP contribution in [-0.2, 0) is 11.3 Å². The molecule has 0 aliphatic carbocycles. The number of pyridine rings is 1. The largest absolute Gasteiger partial charge is 0.353 e. The van der Waals surface area contributed by atoms with Gasteiger partial charge < -0.3 is 9.88 Å². The number of nitrogens with zero attached hydrogens (tertiary/aromatic N) is 2. The van der Waals surface area contributed by atoms with Gasteiger partial charge in [0, 0.05) is 23.7 Å². The molecule has 3 rings (SSSR count). The maximum absolute atomic E-state index is 12.2. The van der Waals surface area contributed by atoms with Crippen molar-refractivity contribution in [1.82, 2.24) is 14.8 Å². The summed E-state index contributed by atoms with van der Waals surface area (Å²) < 4.78 is 1.42. The molecule has 1 saturated heterocycles. The number of aromatic nitrogens is 1. The number of hydrogen-bond acceptors (Lipinski definition) is 4. The highest BCUT2D eigenvalue weighted by atomic mass is 32.1. The first-order chi connectivity index (χ1) is 11.2. The average Bonchev–Trinajstić information content (AvgIpc) is 3.23. The first-order valence-corrected chi connectivity index (χ1v) is 8.81. The summed E-state index contributed by atoms with van der Waals surface area (Å²) in [6, 6.07) is 9.31. The number of rotatable bonds is 6. The lowest BCUT2D eigenvalue weighted by Crippen LogP contribution is -2.38. The normalized spacial score (nSPS) is 16.3. The Hall–Kier alpha value is -1.92. The molecule has 5 nitrogen and oxygen atoms in total. The first kappa shape index (κ1) is 16.0. The zero-order chi connectivity index (χ0) is 16.1. The van der Waals surface area contributed by atoms with E-state index in [1.54, 1.807) is 29.7 Å². The fourth-order valence-electron chi connectivity index (χ4n) is 2.96. The van der Waals surface area contributed by atoms with Crippen molar-refractivity contribution in [3.05, 3.63) is 57.1 Å². The molecular formula is C17H21N3O2S. The first-order valence-electron chi connectivity index (χ1n) is 7.93. The van der Waals surface area contributed by atoms with Gasteiger partial charge in [-0.05, 0) is 43.4 Å². The lowest BCUT2D eigenvalue weighted by Gasteiger charge is -2.27. The van der Waals surface area contributed by atoms with Gasteiger partial charge in [0.05, 0.1) is 6.04 Å². The minimum Gasteiger partial charge on any atom is -0.353 e. The van der Waals surface area contributed by atoms with E-state index in [9.17, 15) is 9.59 Å². The van der Waals surface area contributed by atoms with E-state index in [1.807, 2.05) is 0 Å².